The monoisotopic (exact) mass is 443 g/mol. The zero-order chi connectivity index (χ0) is 12.1. The van der Waals surface area contributed by atoms with E-state index in [-0.39, 0.29) is 11.9 Å². The van der Waals surface area contributed by atoms with Crippen LogP contribution in [0.25, 0.3) is 0 Å². The van der Waals surface area contributed by atoms with Crippen LogP contribution in [0, 0.1) is 9.49 Å². The zero-order valence-electron chi connectivity index (χ0n) is 9.34. The Balaban J connectivity index is 2.72. The molecule has 16 heavy (non-hydrogen) atoms. The third kappa shape index (κ3) is 4.20. The van der Waals surface area contributed by atoms with Gasteiger partial charge in [0, 0.05) is 19.6 Å². The van der Waals surface area contributed by atoms with Crippen molar-refractivity contribution in [1.82, 2.24) is 5.32 Å². The molecule has 1 unspecified atom stereocenters. The number of alkyl halides is 1. The van der Waals surface area contributed by atoms with Crippen molar-refractivity contribution in [3.8, 4) is 0 Å². The van der Waals surface area contributed by atoms with Crippen molar-refractivity contribution in [3.63, 3.8) is 0 Å². The second-order valence-electron chi connectivity index (χ2n) is 3.99. The number of nitrogens with one attached hydrogen (secondary N) is 1. The molecule has 0 spiro atoms. The van der Waals surface area contributed by atoms with Crippen molar-refractivity contribution < 1.29 is 4.79 Å². The molecule has 0 saturated heterocycles. The van der Waals surface area contributed by atoms with Crippen LogP contribution in [-0.4, -0.2) is 16.4 Å². The Morgan fingerprint density at radius 2 is 2.12 bits per heavy atom. The highest BCUT2D eigenvalue weighted by molar-refractivity contribution is 14.1. The third-order valence-electron chi connectivity index (χ3n) is 2.37. The quantitative estimate of drug-likeness (QED) is 0.561. The fraction of sp³-hybridized carbons (Fsp3) is 0.417. The normalized spacial score (nSPS) is 12.6. The molecule has 0 radical (unpaired) electrons. The first-order chi connectivity index (χ1) is 7.54. The number of carbonyl (C=O) groups is 1. The van der Waals surface area contributed by atoms with Crippen LogP contribution in [0.4, 0.5) is 0 Å². The summed E-state index contributed by atoms with van der Waals surface area (Å²) in [6, 6.07) is 7.88. The maximum atomic E-state index is 12.0. The molecule has 1 N–H and O–H groups in total. The first-order valence-electron chi connectivity index (χ1n) is 5.17. The molecular weight excluding hydrogens is 428 g/mol. The van der Waals surface area contributed by atoms with E-state index in [1.807, 2.05) is 24.3 Å². The van der Waals surface area contributed by atoms with Crippen LogP contribution in [0.5, 0.6) is 0 Å². The largest absolute Gasteiger partial charge is 0.348 e. The molecule has 0 aliphatic heterocycles. The van der Waals surface area contributed by atoms with Gasteiger partial charge in [0.2, 0.25) is 0 Å². The van der Waals surface area contributed by atoms with Crippen LogP contribution in [-0.2, 0) is 0 Å². The number of rotatable bonds is 4. The summed E-state index contributed by atoms with van der Waals surface area (Å²) in [6.07, 6.45) is 0. The summed E-state index contributed by atoms with van der Waals surface area (Å²) in [4.78, 5) is 12.0. The van der Waals surface area contributed by atoms with Crippen molar-refractivity contribution in [1.29, 1.82) is 0 Å². The zero-order valence-corrected chi connectivity index (χ0v) is 13.7. The minimum Gasteiger partial charge on any atom is -0.348 e. The van der Waals surface area contributed by atoms with Gasteiger partial charge in [-0.2, -0.15) is 0 Å². The van der Waals surface area contributed by atoms with E-state index >= 15 is 0 Å². The molecule has 1 rings (SSSR count). The van der Waals surface area contributed by atoms with Gasteiger partial charge in [-0.3, -0.25) is 4.79 Å². The molecule has 88 valence electrons. The van der Waals surface area contributed by atoms with Crippen LogP contribution >= 0.6 is 45.2 Å². The average molecular weight is 443 g/mol. The van der Waals surface area contributed by atoms with Gasteiger partial charge in [0.05, 0.1) is 0 Å². The summed E-state index contributed by atoms with van der Waals surface area (Å²) in [5.41, 5.74) is 0.738. The van der Waals surface area contributed by atoms with Gasteiger partial charge >= 0.3 is 0 Å². The molecule has 1 aromatic rings. The van der Waals surface area contributed by atoms with Crippen molar-refractivity contribution in [2.45, 2.75) is 19.9 Å². The molecular formula is C12H15I2NO. The number of hydrogen-bond donors (Lipinski definition) is 1. The molecule has 0 aliphatic carbocycles. The SMILES string of the molecule is CC(C)C(CI)NC(=O)c1cccc(I)c1. The molecule has 0 aliphatic rings. The predicted molar refractivity (Wildman–Crippen MR) is 84.1 cm³/mol. The van der Waals surface area contributed by atoms with Gasteiger partial charge in [0.15, 0.2) is 0 Å². The summed E-state index contributed by atoms with van der Waals surface area (Å²) in [5.74, 6) is 0.484. The van der Waals surface area contributed by atoms with Crippen molar-refractivity contribution in [3.05, 3.63) is 33.4 Å². The maximum Gasteiger partial charge on any atom is 0.251 e. The van der Waals surface area contributed by atoms with E-state index in [0.717, 1.165) is 13.6 Å². The Hall–Kier alpha value is 0.150. The number of carbonyl (C=O) groups excluding carboxylic acids is 1. The van der Waals surface area contributed by atoms with E-state index in [1.165, 1.54) is 0 Å². The number of halogens is 2. The molecule has 4 heteroatoms. The highest BCUT2D eigenvalue weighted by Crippen LogP contribution is 2.10. The Kier molecular flexibility index (Phi) is 6.02. The fourth-order valence-electron chi connectivity index (χ4n) is 1.26. The lowest BCUT2D eigenvalue weighted by molar-refractivity contribution is 0.0932. The van der Waals surface area contributed by atoms with Gasteiger partial charge < -0.3 is 5.32 Å². The van der Waals surface area contributed by atoms with E-state index < -0.39 is 0 Å². The number of benzene rings is 1. The molecule has 0 fully saturated rings. The van der Waals surface area contributed by atoms with Crippen molar-refractivity contribution >= 4 is 51.1 Å². The second-order valence-corrected chi connectivity index (χ2v) is 6.12. The number of hydrogen-bond acceptors (Lipinski definition) is 1. The van der Waals surface area contributed by atoms with Gasteiger partial charge in [-0.05, 0) is 46.7 Å². The fourth-order valence-corrected chi connectivity index (χ4v) is 3.05. The van der Waals surface area contributed by atoms with E-state index in [0.29, 0.717) is 5.92 Å². The standard InChI is InChI=1S/C12H15I2NO/c1-8(2)11(7-13)15-12(16)9-4-3-5-10(14)6-9/h3-6,8,11H,7H2,1-2H3,(H,15,16). The van der Waals surface area contributed by atoms with E-state index in [9.17, 15) is 4.79 Å². The maximum absolute atomic E-state index is 12.0. The van der Waals surface area contributed by atoms with Crippen LogP contribution in [0.1, 0.15) is 24.2 Å². The van der Waals surface area contributed by atoms with Crippen LogP contribution in [0.3, 0.4) is 0 Å². The minimum atomic E-state index is 0.0221. The lowest BCUT2D eigenvalue weighted by Gasteiger charge is -2.19. The molecule has 2 nitrogen and oxygen atoms in total. The van der Waals surface area contributed by atoms with Gasteiger partial charge in [-0.1, -0.05) is 42.5 Å². The Bertz CT molecular complexity index is 366. The Morgan fingerprint density at radius 3 is 2.62 bits per heavy atom. The first-order valence-corrected chi connectivity index (χ1v) is 7.77. The average Bonchev–Trinajstić information content (AvgIpc) is 2.25. The molecule has 0 heterocycles. The summed E-state index contributed by atoms with van der Waals surface area (Å²) < 4.78 is 2.02. The summed E-state index contributed by atoms with van der Waals surface area (Å²) in [7, 11) is 0. The molecule has 0 bridgehead atoms. The van der Waals surface area contributed by atoms with Crippen LogP contribution < -0.4 is 5.32 Å². The third-order valence-corrected chi connectivity index (χ3v) is 3.99. The summed E-state index contributed by atoms with van der Waals surface area (Å²) in [5, 5.41) is 3.06. The lowest BCUT2D eigenvalue weighted by atomic mass is 10.1. The van der Waals surface area contributed by atoms with Gasteiger partial charge in [0.1, 0.15) is 0 Å². The summed E-state index contributed by atoms with van der Waals surface area (Å²) >= 11 is 4.52. The first kappa shape index (κ1) is 14.2. The Labute approximate surface area is 124 Å². The smallest absolute Gasteiger partial charge is 0.251 e. The van der Waals surface area contributed by atoms with Crippen LogP contribution in [0.15, 0.2) is 24.3 Å². The molecule has 0 saturated carbocycles. The lowest BCUT2D eigenvalue weighted by Crippen LogP contribution is -2.39. The minimum absolute atomic E-state index is 0.0221. The molecule has 1 atom stereocenters. The van der Waals surface area contributed by atoms with E-state index in [1.54, 1.807) is 0 Å². The molecule has 1 amide bonds. The van der Waals surface area contributed by atoms with E-state index in [4.69, 9.17) is 0 Å². The summed E-state index contributed by atoms with van der Waals surface area (Å²) in [6.45, 7) is 4.25. The van der Waals surface area contributed by atoms with Gasteiger partial charge in [-0.15, -0.1) is 0 Å². The highest BCUT2D eigenvalue weighted by Gasteiger charge is 2.15. The Morgan fingerprint density at radius 1 is 1.44 bits per heavy atom. The van der Waals surface area contributed by atoms with E-state index in [2.05, 4.69) is 64.3 Å². The van der Waals surface area contributed by atoms with Crippen molar-refractivity contribution in [2.75, 3.05) is 4.43 Å². The highest BCUT2D eigenvalue weighted by atomic mass is 127. The predicted octanol–water partition coefficient (Wildman–Crippen LogP) is 3.48. The molecule has 0 aromatic heterocycles. The van der Waals surface area contributed by atoms with Crippen molar-refractivity contribution in [2.24, 2.45) is 5.92 Å². The second kappa shape index (κ2) is 6.78. The van der Waals surface area contributed by atoms with Gasteiger partial charge in [-0.25, -0.2) is 0 Å². The topological polar surface area (TPSA) is 29.1 Å². The molecule has 1 aromatic carbocycles. The van der Waals surface area contributed by atoms with Crippen LogP contribution in [0.2, 0.25) is 0 Å². The number of amides is 1. The van der Waals surface area contributed by atoms with Gasteiger partial charge in [0.25, 0.3) is 5.91 Å².